The molecule has 4 heteroatoms. The molecule has 22 heavy (non-hydrogen) atoms. The average molecular weight is 307 g/mol. The Bertz CT molecular complexity index is 413. The van der Waals surface area contributed by atoms with Crippen molar-refractivity contribution in [1.82, 2.24) is 4.98 Å². The van der Waals surface area contributed by atoms with Crippen LogP contribution in [0.15, 0.2) is 24.5 Å². The number of quaternary nitrogens is 1. The van der Waals surface area contributed by atoms with Crippen LogP contribution in [-0.2, 0) is 9.47 Å². The van der Waals surface area contributed by atoms with Gasteiger partial charge in [0.05, 0.1) is 33.4 Å². The Balaban J connectivity index is 1.69. The second kappa shape index (κ2) is 9.23. The van der Waals surface area contributed by atoms with E-state index in [1.165, 1.54) is 31.4 Å². The highest BCUT2D eigenvalue weighted by Gasteiger charge is 2.38. The topological polar surface area (TPSA) is 31.4 Å². The third-order valence-corrected chi connectivity index (χ3v) is 4.73. The lowest BCUT2D eigenvalue weighted by Gasteiger charge is -2.36. The molecule has 2 atom stereocenters. The number of likely N-dealkylation sites (tertiary alicyclic amines) is 1. The quantitative estimate of drug-likeness (QED) is 0.491. The van der Waals surface area contributed by atoms with Crippen molar-refractivity contribution in [3.8, 4) is 0 Å². The summed E-state index contributed by atoms with van der Waals surface area (Å²) in [4.78, 5) is 4.28. The fourth-order valence-electron chi connectivity index (χ4n) is 3.32. The van der Waals surface area contributed by atoms with Crippen molar-refractivity contribution < 1.29 is 14.0 Å². The van der Waals surface area contributed by atoms with E-state index in [0.29, 0.717) is 12.6 Å². The molecule has 124 valence electrons. The van der Waals surface area contributed by atoms with Crippen molar-refractivity contribution in [2.75, 3.05) is 46.6 Å². The first-order chi connectivity index (χ1) is 10.8. The molecule has 1 aliphatic rings. The van der Waals surface area contributed by atoms with Gasteiger partial charge in [0, 0.05) is 37.4 Å². The third kappa shape index (κ3) is 5.04. The third-order valence-electron chi connectivity index (χ3n) is 4.73. The molecule has 0 saturated carbocycles. The number of unbranched alkanes of at least 4 members (excludes halogenated alkanes) is 1. The first-order valence-corrected chi connectivity index (χ1v) is 8.66. The second-order valence-electron chi connectivity index (χ2n) is 6.45. The normalized spacial score (nSPS) is 24.7. The van der Waals surface area contributed by atoms with E-state index in [9.17, 15) is 0 Å². The van der Waals surface area contributed by atoms with Gasteiger partial charge in [0.2, 0.25) is 0 Å². The number of rotatable bonds is 10. The predicted octanol–water partition coefficient (Wildman–Crippen LogP) is 3.20. The maximum absolute atomic E-state index is 5.77. The zero-order valence-electron chi connectivity index (χ0n) is 14.2. The SMILES string of the molecule is CCCCOCCOCC[N+]1(C)CCCC1c1cccnc1. The number of hydrogen-bond acceptors (Lipinski definition) is 3. The molecule has 2 heterocycles. The molecule has 1 aliphatic heterocycles. The van der Waals surface area contributed by atoms with Gasteiger partial charge in [-0.1, -0.05) is 19.4 Å². The van der Waals surface area contributed by atoms with Crippen LogP contribution in [0.1, 0.15) is 44.2 Å². The molecule has 0 radical (unpaired) electrons. The van der Waals surface area contributed by atoms with E-state index in [4.69, 9.17) is 9.47 Å². The van der Waals surface area contributed by atoms with Crippen molar-refractivity contribution in [3.05, 3.63) is 30.1 Å². The summed E-state index contributed by atoms with van der Waals surface area (Å²) in [5.74, 6) is 0. The van der Waals surface area contributed by atoms with Gasteiger partial charge in [0.1, 0.15) is 12.6 Å². The Morgan fingerprint density at radius 2 is 2.05 bits per heavy atom. The summed E-state index contributed by atoms with van der Waals surface area (Å²) < 4.78 is 12.4. The highest BCUT2D eigenvalue weighted by molar-refractivity contribution is 5.12. The molecule has 0 spiro atoms. The monoisotopic (exact) mass is 307 g/mol. The van der Waals surface area contributed by atoms with Crippen LogP contribution in [-0.4, -0.2) is 56.0 Å². The average Bonchev–Trinajstić information content (AvgIpc) is 2.93. The number of pyridine rings is 1. The Morgan fingerprint density at radius 1 is 1.23 bits per heavy atom. The maximum atomic E-state index is 5.77. The van der Waals surface area contributed by atoms with Crippen LogP contribution in [0.2, 0.25) is 0 Å². The van der Waals surface area contributed by atoms with E-state index in [-0.39, 0.29) is 0 Å². The molecule has 1 fully saturated rings. The molecule has 0 aromatic carbocycles. The largest absolute Gasteiger partial charge is 0.379 e. The van der Waals surface area contributed by atoms with Gasteiger partial charge in [0.15, 0.2) is 0 Å². The molecule has 1 aromatic rings. The highest BCUT2D eigenvalue weighted by Crippen LogP contribution is 2.36. The molecule has 4 nitrogen and oxygen atoms in total. The number of ether oxygens (including phenoxy) is 2. The van der Waals surface area contributed by atoms with E-state index in [0.717, 1.165) is 37.3 Å². The van der Waals surface area contributed by atoms with Gasteiger partial charge in [0.25, 0.3) is 0 Å². The van der Waals surface area contributed by atoms with Crippen molar-refractivity contribution >= 4 is 0 Å². The van der Waals surface area contributed by atoms with Crippen molar-refractivity contribution in [3.63, 3.8) is 0 Å². The van der Waals surface area contributed by atoms with Crippen LogP contribution in [0.3, 0.4) is 0 Å². The molecule has 0 aliphatic carbocycles. The number of likely N-dealkylation sites (N-methyl/N-ethyl adjacent to an activating group) is 1. The van der Waals surface area contributed by atoms with Crippen molar-refractivity contribution in [1.29, 1.82) is 0 Å². The van der Waals surface area contributed by atoms with Crippen LogP contribution >= 0.6 is 0 Å². The lowest BCUT2D eigenvalue weighted by molar-refractivity contribution is -0.927. The molecular weight excluding hydrogens is 276 g/mol. The minimum Gasteiger partial charge on any atom is -0.379 e. The van der Waals surface area contributed by atoms with Gasteiger partial charge in [-0.25, -0.2) is 0 Å². The van der Waals surface area contributed by atoms with Gasteiger partial charge >= 0.3 is 0 Å². The fourth-order valence-corrected chi connectivity index (χ4v) is 3.32. The van der Waals surface area contributed by atoms with Gasteiger partial charge in [-0.05, 0) is 12.5 Å². The zero-order chi connectivity index (χ0) is 15.7. The lowest BCUT2D eigenvalue weighted by atomic mass is 10.1. The van der Waals surface area contributed by atoms with E-state index in [1.54, 1.807) is 0 Å². The first kappa shape index (κ1) is 17.4. The summed E-state index contributed by atoms with van der Waals surface area (Å²) in [6.07, 6.45) is 8.74. The Hall–Kier alpha value is -0.970. The minimum atomic E-state index is 0.568. The summed E-state index contributed by atoms with van der Waals surface area (Å²) in [5, 5.41) is 0. The smallest absolute Gasteiger partial charge is 0.116 e. The molecule has 1 saturated heterocycles. The molecule has 2 unspecified atom stereocenters. The van der Waals surface area contributed by atoms with Crippen molar-refractivity contribution in [2.45, 2.75) is 38.6 Å². The summed E-state index contributed by atoms with van der Waals surface area (Å²) in [7, 11) is 2.35. The fraction of sp³-hybridized carbons (Fsp3) is 0.722. The molecular formula is C18H31N2O2+. The standard InChI is InChI=1S/C18H31N2O2/c1-3-4-12-21-14-15-22-13-11-20(2)10-6-8-18(20)17-7-5-9-19-16-17/h5,7,9,16,18H,3-4,6,8,10-15H2,1-2H3/q+1. The van der Waals surface area contributed by atoms with Crippen LogP contribution in [0, 0.1) is 0 Å². The molecule has 0 bridgehead atoms. The molecule has 0 N–H and O–H groups in total. The van der Waals surface area contributed by atoms with E-state index in [1.807, 2.05) is 18.5 Å². The van der Waals surface area contributed by atoms with Crippen LogP contribution in [0.25, 0.3) is 0 Å². The Morgan fingerprint density at radius 3 is 2.77 bits per heavy atom. The van der Waals surface area contributed by atoms with Crippen molar-refractivity contribution in [2.24, 2.45) is 0 Å². The number of nitrogens with zero attached hydrogens (tertiary/aromatic N) is 2. The predicted molar refractivity (Wildman–Crippen MR) is 88.7 cm³/mol. The summed E-state index contributed by atoms with van der Waals surface area (Å²) >= 11 is 0. The minimum absolute atomic E-state index is 0.568. The van der Waals surface area contributed by atoms with Gasteiger partial charge < -0.3 is 14.0 Å². The van der Waals surface area contributed by atoms with Gasteiger partial charge in [-0.3, -0.25) is 4.98 Å². The number of aromatic nitrogens is 1. The summed E-state index contributed by atoms with van der Waals surface area (Å²) in [5.41, 5.74) is 1.37. The van der Waals surface area contributed by atoms with Crippen LogP contribution < -0.4 is 0 Å². The molecule has 0 amide bonds. The van der Waals surface area contributed by atoms with Crippen LogP contribution in [0.5, 0.6) is 0 Å². The summed E-state index contributed by atoms with van der Waals surface area (Å²) in [6, 6.07) is 4.82. The maximum Gasteiger partial charge on any atom is 0.116 e. The Labute approximate surface area is 135 Å². The lowest BCUT2D eigenvalue weighted by Crippen LogP contribution is -2.45. The van der Waals surface area contributed by atoms with E-state index >= 15 is 0 Å². The second-order valence-corrected chi connectivity index (χ2v) is 6.45. The van der Waals surface area contributed by atoms with E-state index in [2.05, 4.69) is 25.0 Å². The van der Waals surface area contributed by atoms with E-state index < -0.39 is 0 Å². The zero-order valence-corrected chi connectivity index (χ0v) is 14.2. The number of hydrogen-bond donors (Lipinski definition) is 0. The Kier molecular flexibility index (Phi) is 7.30. The van der Waals surface area contributed by atoms with Gasteiger partial charge in [-0.2, -0.15) is 0 Å². The highest BCUT2D eigenvalue weighted by atomic mass is 16.5. The first-order valence-electron chi connectivity index (χ1n) is 8.66. The molecule has 1 aromatic heterocycles. The molecule has 2 rings (SSSR count). The van der Waals surface area contributed by atoms with Crippen LogP contribution in [0.4, 0.5) is 0 Å². The summed E-state index contributed by atoms with van der Waals surface area (Å²) in [6.45, 7) is 7.57. The van der Waals surface area contributed by atoms with Gasteiger partial charge in [-0.15, -0.1) is 0 Å².